The zero-order chi connectivity index (χ0) is 14.8. The van der Waals surface area contributed by atoms with Crippen molar-refractivity contribution in [2.45, 2.75) is 52.2 Å². The predicted molar refractivity (Wildman–Crippen MR) is 79.0 cm³/mol. The standard InChI is InChI=1S/C15H25NO3S/c1-11-6-12(2)8-14(7-11)4-5-20(17,18)10-15-9-13(3)16-19-15/h9,11-12,14H,4-8,10H2,1-3H3/t11-,12-/m1/s1. The number of aryl methyl sites for hydroxylation is 1. The van der Waals surface area contributed by atoms with Gasteiger partial charge in [0, 0.05) is 6.07 Å². The molecule has 0 N–H and O–H groups in total. The summed E-state index contributed by atoms with van der Waals surface area (Å²) in [5.41, 5.74) is 0.727. The van der Waals surface area contributed by atoms with Gasteiger partial charge in [-0.1, -0.05) is 19.0 Å². The van der Waals surface area contributed by atoms with Gasteiger partial charge in [-0.2, -0.15) is 0 Å². The lowest BCUT2D eigenvalue weighted by Gasteiger charge is -2.31. The summed E-state index contributed by atoms with van der Waals surface area (Å²) in [6.07, 6.45) is 4.40. The van der Waals surface area contributed by atoms with E-state index in [1.165, 1.54) is 19.3 Å². The predicted octanol–water partition coefficient (Wildman–Crippen LogP) is 3.36. The molecule has 0 spiro atoms. The lowest BCUT2D eigenvalue weighted by molar-refractivity contribution is 0.215. The van der Waals surface area contributed by atoms with E-state index in [0.717, 1.165) is 24.0 Å². The summed E-state index contributed by atoms with van der Waals surface area (Å²) in [4.78, 5) is 0. The van der Waals surface area contributed by atoms with Crippen molar-refractivity contribution >= 4 is 9.84 Å². The van der Waals surface area contributed by atoms with Crippen LogP contribution in [-0.4, -0.2) is 19.3 Å². The number of hydrogen-bond donors (Lipinski definition) is 0. The first kappa shape index (κ1) is 15.5. The van der Waals surface area contributed by atoms with Crippen molar-refractivity contribution < 1.29 is 12.9 Å². The third-order valence-corrected chi connectivity index (χ3v) is 5.73. The fraction of sp³-hybridized carbons (Fsp3) is 0.800. The molecule has 0 aromatic carbocycles. The lowest BCUT2D eigenvalue weighted by atomic mass is 9.76. The molecule has 1 aromatic rings. The number of aromatic nitrogens is 1. The number of rotatable bonds is 5. The van der Waals surface area contributed by atoms with Gasteiger partial charge in [0.25, 0.3) is 0 Å². The molecule has 2 rings (SSSR count). The third kappa shape index (κ3) is 4.62. The summed E-state index contributed by atoms with van der Waals surface area (Å²) in [6.45, 7) is 6.34. The topological polar surface area (TPSA) is 60.2 Å². The van der Waals surface area contributed by atoms with Crippen LogP contribution in [0.15, 0.2) is 10.6 Å². The van der Waals surface area contributed by atoms with Gasteiger partial charge < -0.3 is 4.52 Å². The van der Waals surface area contributed by atoms with Gasteiger partial charge in [0.1, 0.15) is 5.75 Å². The molecule has 1 aliphatic carbocycles. The van der Waals surface area contributed by atoms with Gasteiger partial charge in [-0.05, 0) is 50.4 Å². The first-order valence-electron chi connectivity index (χ1n) is 7.46. The minimum Gasteiger partial charge on any atom is -0.360 e. The molecule has 20 heavy (non-hydrogen) atoms. The van der Waals surface area contributed by atoms with Gasteiger partial charge >= 0.3 is 0 Å². The van der Waals surface area contributed by atoms with Crippen LogP contribution >= 0.6 is 0 Å². The van der Waals surface area contributed by atoms with Crippen molar-refractivity contribution in [2.24, 2.45) is 17.8 Å². The highest BCUT2D eigenvalue weighted by atomic mass is 32.2. The molecule has 5 heteroatoms. The van der Waals surface area contributed by atoms with Crippen molar-refractivity contribution in [1.29, 1.82) is 0 Å². The normalized spacial score (nSPS) is 27.6. The van der Waals surface area contributed by atoms with Crippen molar-refractivity contribution in [3.8, 4) is 0 Å². The van der Waals surface area contributed by atoms with Crippen LogP contribution in [-0.2, 0) is 15.6 Å². The molecule has 0 bridgehead atoms. The van der Waals surface area contributed by atoms with E-state index in [1.807, 2.05) is 0 Å². The summed E-state index contributed by atoms with van der Waals surface area (Å²) in [6, 6.07) is 1.70. The fourth-order valence-electron chi connectivity index (χ4n) is 3.47. The molecule has 0 aliphatic heterocycles. The Balaban J connectivity index is 1.86. The molecule has 4 nitrogen and oxygen atoms in total. The molecule has 1 heterocycles. The second-order valence-electron chi connectivity index (χ2n) is 6.60. The molecule has 1 aromatic heterocycles. The maximum Gasteiger partial charge on any atom is 0.157 e. The highest BCUT2D eigenvalue weighted by Gasteiger charge is 2.25. The maximum absolute atomic E-state index is 12.1. The van der Waals surface area contributed by atoms with Crippen molar-refractivity contribution in [3.63, 3.8) is 0 Å². The summed E-state index contributed by atoms with van der Waals surface area (Å²) < 4.78 is 29.3. The third-order valence-electron chi connectivity index (χ3n) is 4.15. The molecule has 0 saturated heterocycles. The van der Waals surface area contributed by atoms with Crippen LogP contribution in [0.4, 0.5) is 0 Å². The van der Waals surface area contributed by atoms with Crippen LogP contribution in [0.1, 0.15) is 51.0 Å². The van der Waals surface area contributed by atoms with Crippen LogP contribution in [0, 0.1) is 24.7 Å². The van der Waals surface area contributed by atoms with E-state index in [9.17, 15) is 8.42 Å². The van der Waals surface area contributed by atoms with Gasteiger partial charge in [0.05, 0.1) is 11.4 Å². The number of nitrogens with zero attached hydrogens (tertiary/aromatic N) is 1. The lowest BCUT2D eigenvalue weighted by Crippen LogP contribution is -2.22. The van der Waals surface area contributed by atoms with Crippen molar-refractivity contribution in [3.05, 3.63) is 17.5 Å². The van der Waals surface area contributed by atoms with E-state index in [0.29, 0.717) is 11.7 Å². The molecule has 1 aliphatic rings. The van der Waals surface area contributed by atoms with Crippen LogP contribution < -0.4 is 0 Å². The monoisotopic (exact) mass is 299 g/mol. The van der Waals surface area contributed by atoms with E-state index < -0.39 is 9.84 Å². The van der Waals surface area contributed by atoms with E-state index in [-0.39, 0.29) is 11.5 Å². The Hall–Kier alpha value is -0.840. The highest BCUT2D eigenvalue weighted by Crippen LogP contribution is 2.34. The quantitative estimate of drug-likeness (QED) is 0.836. The maximum atomic E-state index is 12.1. The highest BCUT2D eigenvalue weighted by molar-refractivity contribution is 7.90. The molecule has 1 saturated carbocycles. The Morgan fingerprint density at radius 2 is 1.90 bits per heavy atom. The summed E-state index contributed by atoms with van der Waals surface area (Å²) >= 11 is 0. The first-order chi connectivity index (χ1) is 9.34. The summed E-state index contributed by atoms with van der Waals surface area (Å²) in [7, 11) is -3.09. The Labute approximate surface area is 121 Å². The molecule has 2 atom stereocenters. The van der Waals surface area contributed by atoms with E-state index in [4.69, 9.17) is 4.52 Å². The van der Waals surface area contributed by atoms with Crippen molar-refractivity contribution in [1.82, 2.24) is 5.16 Å². The van der Waals surface area contributed by atoms with Gasteiger partial charge in [-0.25, -0.2) is 8.42 Å². The molecule has 0 radical (unpaired) electrons. The average molecular weight is 299 g/mol. The second-order valence-corrected chi connectivity index (χ2v) is 8.78. The molecular formula is C15H25NO3S. The minimum absolute atomic E-state index is 0.0222. The first-order valence-corrected chi connectivity index (χ1v) is 9.29. The Bertz CT molecular complexity index is 525. The van der Waals surface area contributed by atoms with Crippen LogP contribution in [0.5, 0.6) is 0 Å². The minimum atomic E-state index is -3.09. The van der Waals surface area contributed by atoms with E-state index in [2.05, 4.69) is 19.0 Å². The molecule has 0 amide bonds. The Morgan fingerprint density at radius 1 is 1.25 bits per heavy atom. The zero-order valence-corrected chi connectivity index (χ0v) is 13.4. The van der Waals surface area contributed by atoms with Gasteiger partial charge in [0.2, 0.25) is 0 Å². The molecule has 1 fully saturated rings. The number of hydrogen-bond acceptors (Lipinski definition) is 4. The van der Waals surface area contributed by atoms with Crippen LogP contribution in [0.3, 0.4) is 0 Å². The van der Waals surface area contributed by atoms with Crippen LogP contribution in [0.2, 0.25) is 0 Å². The Kier molecular flexibility index (Phi) is 4.89. The van der Waals surface area contributed by atoms with Crippen LogP contribution in [0.25, 0.3) is 0 Å². The summed E-state index contributed by atoms with van der Waals surface area (Å²) in [5.74, 6) is 2.70. The fourth-order valence-corrected chi connectivity index (χ4v) is 4.88. The van der Waals surface area contributed by atoms with E-state index in [1.54, 1.807) is 13.0 Å². The Morgan fingerprint density at radius 3 is 2.45 bits per heavy atom. The average Bonchev–Trinajstić information content (AvgIpc) is 2.70. The van der Waals surface area contributed by atoms with Gasteiger partial charge in [-0.15, -0.1) is 0 Å². The van der Waals surface area contributed by atoms with Crippen molar-refractivity contribution in [2.75, 3.05) is 5.75 Å². The SMILES string of the molecule is Cc1cc(CS(=O)(=O)CCC2C[C@H](C)C[C@@H](C)C2)on1. The molecule has 114 valence electrons. The zero-order valence-electron chi connectivity index (χ0n) is 12.6. The second kappa shape index (κ2) is 6.29. The molecular weight excluding hydrogens is 274 g/mol. The van der Waals surface area contributed by atoms with Gasteiger partial charge in [0.15, 0.2) is 15.6 Å². The van der Waals surface area contributed by atoms with E-state index >= 15 is 0 Å². The largest absolute Gasteiger partial charge is 0.360 e. The smallest absolute Gasteiger partial charge is 0.157 e. The molecule has 0 unspecified atom stereocenters. The summed E-state index contributed by atoms with van der Waals surface area (Å²) in [5, 5.41) is 3.73. The number of sulfone groups is 1. The van der Waals surface area contributed by atoms with Gasteiger partial charge in [-0.3, -0.25) is 0 Å².